The van der Waals surface area contributed by atoms with Crippen LogP contribution < -0.4 is 10.6 Å². The third-order valence-electron chi connectivity index (χ3n) is 3.90. The molecule has 0 radical (unpaired) electrons. The third-order valence-corrected chi connectivity index (χ3v) is 3.90. The molecule has 0 bridgehead atoms. The van der Waals surface area contributed by atoms with E-state index in [2.05, 4.69) is 10.6 Å². The molecule has 1 aromatic carbocycles. The van der Waals surface area contributed by atoms with E-state index in [1.54, 1.807) is 6.92 Å². The van der Waals surface area contributed by atoms with Crippen molar-refractivity contribution in [3.63, 3.8) is 0 Å². The summed E-state index contributed by atoms with van der Waals surface area (Å²) in [6.07, 6.45) is 2.84. The zero-order valence-electron chi connectivity index (χ0n) is 12.3. The van der Waals surface area contributed by atoms with Crippen LogP contribution in [0.1, 0.15) is 37.3 Å². The van der Waals surface area contributed by atoms with Crippen LogP contribution in [0.25, 0.3) is 0 Å². The zero-order valence-corrected chi connectivity index (χ0v) is 12.3. The Kier molecular flexibility index (Phi) is 4.96. The normalized spacial score (nSPS) is 20.5. The van der Waals surface area contributed by atoms with Gasteiger partial charge in [-0.15, -0.1) is 0 Å². The number of fused-ring (bicyclic) bond motifs is 1. The summed E-state index contributed by atoms with van der Waals surface area (Å²) in [6.45, 7) is 1.85. The number of amides is 2. The molecule has 0 aliphatic heterocycles. The van der Waals surface area contributed by atoms with E-state index in [9.17, 15) is 14.7 Å². The van der Waals surface area contributed by atoms with Gasteiger partial charge in [0, 0.05) is 6.42 Å². The van der Waals surface area contributed by atoms with Crippen molar-refractivity contribution in [3.05, 3.63) is 35.4 Å². The van der Waals surface area contributed by atoms with Gasteiger partial charge in [-0.1, -0.05) is 31.2 Å². The number of aliphatic hydroxyl groups is 1. The van der Waals surface area contributed by atoms with Crippen LogP contribution in [0.15, 0.2) is 24.3 Å². The van der Waals surface area contributed by atoms with Crippen LogP contribution in [0, 0.1) is 0 Å². The van der Waals surface area contributed by atoms with Gasteiger partial charge >= 0.3 is 0 Å². The van der Waals surface area contributed by atoms with Crippen LogP contribution >= 0.6 is 0 Å². The lowest BCUT2D eigenvalue weighted by Gasteiger charge is -2.34. The first-order valence-electron chi connectivity index (χ1n) is 7.39. The SMILES string of the molecule is CCC(=O)NCC(=O)NCC1(O)CCCc2ccccc21. The predicted molar refractivity (Wildman–Crippen MR) is 79.6 cm³/mol. The molecule has 114 valence electrons. The summed E-state index contributed by atoms with van der Waals surface area (Å²) in [7, 11) is 0. The van der Waals surface area contributed by atoms with Gasteiger partial charge in [0.15, 0.2) is 0 Å². The fourth-order valence-corrected chi connectivity index (χ4v) is 2.69. The molecule has 5 heteroatoms. The number of rotatable bonds is 5. The molecule has 0 heterocycles. The van der Waals surface area contributed by atoms with Crippen molar-refractivity contribution in [2.75, 3.05) is 13.1 Å². The molecule has 0 saturated carbocycles. The Morgan fingerprint density at radius 3 is 2.76 bits per heavy atom. The highest BCUT2D eigenvalue weighted by molar-refractivity contribution is 5.84. The molecule has 2 rings (SSSR count). The molecule has 1 aliphatic carbocycles. The minimum atomic E-state index is -1.01. The second-order valence-corrected chi connectivity index (χ2v) is 5.45. The summed E-state index contributed by atoms with van der Waals surface area (Å²) in [5, 5.41) is 16.0. The fourth-order valence-electron chi connectivity index (χ4n) is 2.69. The van der Waals surface area contributed by atoms with Gasteiger partial charge < -0.3 is 15.7 Å². The van der Waals surface area contributed by atoms with Crippen LogP contribution in [0.2, 0.25) is 0 Å². The average Bonchev–Trinajstić information content (AvgIpc) is 2.51. The number of nitrogens with one attached hydrogen (secondary N) is 2. The largest absolute Gasteiger partial charge is 0.383 e. The van der Waals surface area contributed by atoms with Crippen molar-refractivity contribution in [1.82, 2.24) is 10.6 Å². The van der Waals surface area contributed by atoms with Crippen LogP contribution in [0.4, 0.5) is 0 Å². The molecular weight excluding hydrogens is 268 g/mol. The summed E-state index contributed by atoms with van der Waals surface area (Å²) in [5.74, 6) is -0.444. The van der Waals surface area contributed by atoms with E-state index in [0.717, 1.165) is 24.0 Å². The van der Waals surface area contributed by atoms with Crippen molar-refractivity contribution in [2.24, 2.45) is 0 Å². The number of carbonyl (C=O) groups is 2. The highest BCUT2D eigenvalue weighted by Gasteiger charge is 2.34. The Hall–Kier alpha value is -1.88. The van der Waals surface area contributed by atoms with Gasteiger partial charge in [0.2, 0.25) is 11.8 Å². The van der Waals surface area contributed by atoms with Crippen LogP contribution in [-0.2, 0) is 21.6 Å². The van der Waals surface area contributed by atoms with Gasteiger partial charge in [-0.05, 0) is 30.4 Å². The van der Waals surface area contributed by atoms with E-state index in [-0.39, 0.29) is 24.9 Å². The van der Waals surface area contributed by atoms with E-state index in [1.165, 1.54) is 0 Å². The van der Waals surface area contributed by atoms with E-state index >= 15 is 0 Å². The van der Waals surface area contributed by atoms with Gasteiger partial charge in [-0.25, -0.2) is 0 Å². The maximum atomic E-state index is 11.7. The molecular formula is C16H22N2O3. The van der Waals surface area contributed by atoms with Crippen LogP contribution in [-0.4, -0.2) is 30.0 Å². The quantitative estimate of drug-likeness (QED) is 0.752. The number of carbonyl (C=O) groups excluding carboxylic acids is 2. The zero-order chi connectivity index (χ0) is 15.3. The van der Waals surface area contributed by atoms with Crippen molar-refractivity contribution in [3.8, 4) is 0 Å². The Morgan fingerprint density at radius 1 is 1.24 bits per heavy atom. The van der Waals surface area contributed by atoms with Crippen molar-refractivity contribution in [2.45, 2.75) is 38.2 Å². The first kappa shape index (κ1) is 15.5. The number of hydrogen-bond acceptors (Lipinski definition) is 3. The lowest BCUT2D eigenvalue weighted by Crippen LogP contribution is -2.45. The van der Waals surface area contributed by atoms with Gasteiger partial charge in [0.25, 0.3) is 0 Å². The first-order chi connectivity index (χ1) is 10.0. The maximum absolute atomic E-state index is 11.7. The third kappa shape index (κ3) is 3.82. The van der Waals surface area contributed by atoms with Crippen LogP contribution in [0.3, 0.4) is 0 Å². The lowest BCUT2D eigenvalue weighted by atomic mass is 9.79. The highest BCUT2D eigenvalue weighted by Crippen LogP contribution is 2.34. The number of aryl methyl sites for hydroxylation is 1. The minimum absolute atomic E-state index is 0.0512. The molecule has 5 nitrogen and oxygen atoms in total. The van der Waals surface area contributed by atoms with Gasteiger partial charge in [0.1, 0.15) is 5.60 Å². The molecule has 3 N–H and O–H groups in total. The number of hydrogen-bond donors (Lipinski definition) is 3. The summed E-state index contributed by atoms with van der Waals surface area (Å²) >= 11 is 0. The first-order valence-corrected chi connectivity index (χ1v) is 7.39. The van der Waals surface area contributed by atoms with E-state index in [1.807, 2.05) is 24.3 Å². The summed E-state index contributed by atoms with van der Waals surface area (Å²) in [5.41, 5.74) is 1.02. The van der Waals surface area contributed by atoms with Gasteiger partial charge in [0.05, 0.1) is 13.1 Å². The Labute approximate surface area is 124 Å². The Bertz CT molecular complexity index is 530. The van der Waals surface area contributed by atoms with Crippen LogP contribution in [0.5, 0.6) is 0 Å². The van der Waals surface area contributed by atoms with E-state index in [0.29, 0.717) is 12.8 Å². The molecule has 0 spiro atoms. The Morgan fingerprint density at radius 2 is 2.00 bits per heavy atom. The van der Waals surface area contributed by atoms with E-state index < -0.39 is 5.60 Å². The summed E-state index contributed by atoms with van der Waals surface area (Å²) < 4.78 is 0. The summed E-state index contributed by atoms with van der Waals surface area (Å²) in [6, 6.07) is 7.80. The van der Waals surface area contributed by atoms with Crippen molar-refractivity contribution >= 4 is 11.8 Å². The predicted octanol–water partition coefficient (Wildman–Crippen LogP) is 0.853. The topological polar surface area (TPSA) is 78.4 Å². The molecule has 0 fully saturated rings. The second-order valence-electron chi connectivity index (χ2n) is 5.45. The Balaban J connectivity index is 1.94. The molecule has 1 aromatic rings. The standard InChI is InChI=1S/C16H22N2O3/c1-2-14(19)17-10-15(20)18-11-16(21)9-5-7-12-6-3-4-8-13(12)16/h3-4,6,8,21H,2,5,7,9-11H2,1H3,(H,17,19)(H,18,20). The fraction of sp³-hybridized carbons (Fsp3) is 0.500. The highest BCUT2D eigenvalue weighted by atomic mass is 16.3. The molecule has 0 saturated heterocycles. The monoisotopic (exact) mass is 290 g/mol. The molecule has 1 unspecified atom stereocenters. The van der Waals surface area contributed by atoms with Crippen molar-refractivity contribution in [1.29, 1.82) is 0 Å². The smallest absolute Gasteiger partial charge is 0.239 e. The molecule has 2 amide bonds. The van der Waals surface area contributed by atoms with Gasteiger partial charge in [-0.3, -0.25) is 9.59 Å². The van der Waals surface area contributed by atoms with Crippen molar-refractivity contribution < 1.29 is 14.7 Å². The van der Waals surface area contributed by atoms with E-state index in [4.69, 9.17) is 0 Å². The van der Waals surface area contributed by atoms with Gasteiger partial charge in [-0.2, -0.15) is 0 Å². The maximum Gasteiger partial charge on any atom is 0.239 e. The minimum Gasteiger partial charge on any atom is -0.383 e. The molecule has 1 aliphatic rings. The number of benzene rings is 1. The molecule has 1 atom stereocenters. The lowest BCUT2D eigenvalue weighted by molar-refractivity contribution is -0.126. The molecule has 0 aromatic heterocycles. The average molecular weight is 290 g/mol. The molecule has 21 heavy (non-hydrogen) atoms. The second kappa shape index (κ2) is 6.72. The summed E-state index contributed by atoms with van der Waals surface area (Å²) in [4.78, 5) is 22.8.